The van der Waals surface area contributed by atoms with E-state index in [9.17, 15) is 14.2 Å². The molecule has 0 unspecified atom stereocenters. The molecule has 8 nitrogen and oxygen atoms in total. The van der Waals surface area contributed by atoms with Gasteiger partial charge >= 0.3 is 7.60 Å². The molecule has 0 heterocycles. The summed E-state index contributed by atoms with van der Waals surface area (Å²) in [5, 5.41) is 8.40. The highest BCUT2D eigenvalue weighted by Crippen LogP contribution is 2.35. The molecule has 1 aromatic rings. The Balaban J connectivity index is 2.93. The van der Waals surface area contributed by atoms with Gasteiger partial charge in [-0.25, -0.2) is 5.48 Å². The van der Waals surface area contributed by atoms with E-state index in [1.165, 1.54) is 17.6 Å². The summed E-state index contributed by atoms with van der Waals surface area (Å²) in [6.07, 6.45) is -0.909. The zero-order valence-electron chi connectivity index (χ0n) is 9.76. The Bertz CT molecular complexity index is 500. The first kappa shape index (κ1) is 15.3. The number of hydrogen-bond donors (Lipinski definition) is 4. The summed E-state index contributed by atoms with van der Waals surface area (Å²) in [4.78, 5) is 41.5. The highest BCUT2D eigenvalue weighted by Gasteiger charge is 2.26. The van der Waals surface area contributed by atoms with E-state index in [1.807, 2.05) is 0 Å². The third-order valence-corrected chi connectivity index (χ3v) is 2.83. The van der Waals surface area contributed by atoms with E-state index in [1.54, 1.807) is 18.2 Å². The predicted molar refractivity (Wildman–Crippen MR) is 64.3 cm³/mol. The van der Waals surface area contributed by atoms with Gasteiger partial charge in [0.2, 0.25) is 0 Å². The molecule has 104 valence electrons. The van der Waals surface area contributed by atoms with E-state index < -0.39 is 32.2 Å². The van der Waals surface area contributed by atoms with E-state index >= 15 is 0 Å². The Morgan fingerprint density at radius 3 is 2.26 bits per heavy atom. The zero-order valence-corrected chi connectivity index (χ0v) is 10.7. The predicted octanol–water partition coefficient (Wildman–Crippen LogP) is -0.231. The molecular weight excluding hydrogens is 275 g/mol. The van der Waals surface area contributed by atoms with Crippen molar-refractivity contribution in [2.75, 3.05) is 12.8 Å². The second-order valence-electron chi connectivity index (χ2n) is 3.71. The topological polar surface area (TPSA) is 127 Å². The van der Waals surface area contributed by atoms with Crippen LogP contribution in [0.1, 0.15) is 10.4 Å². The van der Waals surface area contributed by atoms with Crippen molar-refractivity contribution in [3.63, 3.8) is 0 Å². The molecule has 0 radical (unpaired) electrons. The number of rotatable bonds is 5. The number of carbonyl (C=O) groups excluding carboxylic acids is 2. The van der Waals surface area contributed by atoms with Crippen LogP contribution in [0.3, 0.4) is 0 Å². The molecule has 0 saturated carbocycles. The van der Waals surface area contributed by atoms with Gasteiger partial charge in [-0.05, 0) is 12.1 Å². The summed E-state index contributed by atoms with van der Waals surface area (Å²) in [5.74, 6) is -1.66. The van der Waals surface area contributed by atoms with Crippen LogP contribution in [0.25, 0.3) is 0 Å². The van der Waals surface area contributed by atoms with E-state index in [0.717, 1.165) is 0 Å². The van der Waals surface area contributed by atoms with E-state index in [0.29, 0.717) is 4.90 Å². The van der Waals surface area contributed by atoms with Gasteiger partial charge in [0.15, 0.2) is 0 Å². The number of carbonyl (C=O) groups is 2. The molecule has 0 aliphatic heterocycles. The SMILES string of the molecule is O=C(CN(CP(=O)(O)O)C(=O)c1ccccc1)NO. The molecule has 9 heteroatoms. The Morgan fingerprint density at radius 2 is 1.79 bits per heavy atom. The molecule has 0 aliphatic rings. The first-order valence-electron chi connectivity index (χ1n) is 5.15. The van der Waals surface area contributed by atoms with Crippen molar-refractivity contribution in [2.24, 2.45) is 0 Å². The van der Waals surface area contributed by atoms with Crippen molar-refractivity contribution < 1.29 is 29.1 Å². The van der Waals surface area contributed by atoms with E-state index in [-0.39, 0.29) is 5.56 Å². The fraction of sp³-hybridized carbons (Fsp3) is 0.200. The van der Waals surface area contributed by atoms with Crippen LogP contribution in [0.5, 0.6) is 0 Å². The lowest BCUT2D eigenvalue weighted by Gasteiger charge is -2.21. The fourth-order valence-electron chi connectivity index (χ4n) is 1.38. The molecule has 4 N–H and O–H groups in total. The normalized spacial score (nSPS) is 10.9. The van der Waals surface area contributed by atoms with Crippen molar-refractivity contribution in [3.8, 4) is 0 Å². The Morgan fingerprint density at radius 1 is 1.21 bits per heavy atom. The lowest BCUT2D eigenvalue weighted by molar-refractivity contribution is -0.129. The number of hydroxylamine groups is 1. The molecule has 0 atom stereocenters. The minimum atomic E-state index is -4.52. The highest BCUT2D eigenvalue weighted by atomic mass is 31.2. The number of benzene rings is 1. The molecule has 2 amide bonds. The van der Waals surface area contributed by atoms with Gasteiger partial charge in [-0.1, -0.05) is 18.2 Å². The van der Waals surface area contributed by atoms with Gasteiger partial charge < -0.3 is 14.7 Å². The summed E-state index contributed by atoms with van der Waals surface area (Å²) >= 11 is 0. The minimum absolute atomic E-state index is 0.182. The first-order valence-corrected chi connectivity index (χ1v) is 6.95. The average molecular weight is 288 g/mol. The second-order valence-corrected chi connectivity index (χ2v) is 5.32. The molecular formula is C10H13N2O6P. The summed E-state index contributed by atoms with van der Waals surface area (Å²) in [5.41, 5.74) is 1.48. The lowest BCUT2D eigenvalue weighted by atomic mass is 10.2. The van der Waals surface area contributed by atoms with Crippen molar-refractivity contribution >= 4 is 19.4 Å². The third-order valence-electron chi connectivity index (χ3n) is 2.12. The lowest BCUT2D eigenvalue weighted by Crippen LogP contribution is -2.40. The maximum Gasteiger partial charge on any atom is 0.344 e. The van der Waals surface area contributed by atoms with Crippen LogP contribution in [0.15, 0.2) is 30.3 Å². The Kier molecular flexibility index (Phi) is 5.20. The van der Waals surface area contributed by atoms with Gasteiger partial charge in [0.1, 0.15) is 12.8 Å². The molecule has 0 aliphatic carbocycles. The van der Waals surface area contributed by atoms with Gasteiger partial charge in [0.25, 0.3) is 11.8 Å². The molecule has 0 bridgehead atoms. The van der Waals surface area contributed by atoms with Crippen LogP contribution in [-0.4, -0.2) is 44.5 Å². The largest absolute Gasteiger partial charge is 0.344 e. The molecule has 1 aromatic carbocycles. The van der Waals surface area contributed by atoms with Crippen LogP contribution in [0.2, 0.25) is 0 Å². The van der Waals surface area contributed by atoms with Gasteiger partial charge in [-0.15, -0.1) is 0 Å². The zero-order chi connectivity index (χ0) is 14.5. The number of nitrogens with one attached hydrogen (secondary N) is 1. The fourth-order valence-corrected chi connectivity index (χ4v) is 2.05. The quantitative estimate of drug-likeness (QED) is 0.337. The van der Waals surface area contributed by atoms with E-state index in [4.69, 9.17) is 15.0 Å². The summed E-state index contributed by atoms with van der Waals surface area (Å²) < 4.78 is 11.0. The van der Waals surface area contributed by atoms with Crippen LogP contribution in [0, 0.1) is 0 Å². The smallest absolute Gasteiger partial charge is 0.323 e. The van der Waals surface area contributed by atoms with Gasteiger partial charge in [0, 0.05) is 5.56 Å². The van der Waals surface area contributed by atoms with Gasteiger partial charge in [0.05, 0.1) is 0 Å². The molecule has 19 heavy (non-hydrogen) atoms. The number of hydrogen-bond acceptors (Lipinski definition) is 4. The average Bonchev–Trinajstić information content (AvgIpc) is 2.36. The summed E-state index contributed by atoms with van der Waals surface area (Å²) in [7, 11) is -4.52. The van der Waals surface area contributed by atoms with E-state index in [2.05, 4.69) is 0 Å². The van der Waals surface area contributed by atoms with Crippen LogP contribution in [-0.2, 0) is 9.36 Å². The minimum Gasteiger partial charge on any atom is -0.323 e. The van der Waals surface area contributed by atoms with Gasteiger partial charge in [-0.2, -0.15) is 0 Å². The van der Waals surface area contributed by atoms with Crippen molar-refractivity contribution in [2.45, 2.75) is 0 Å². The second kappa shape index (κ2) is 6.44. The maximum absolute atomic E-state index is 12.0. The summed E-state index contributed by atoms with van der Waals surface area (Å²) in [6.45, 7) is -0.657. The van der Waals surface area contributed by atoms with Crippen LogP contribution >= 0.6 is 7.60 Å². The molecule has 0 saturated heterocycles. The third kappa shape index (κ3) is 5.19. The van der Waals surface area contributed by atoms with Crippen molar-refractivity contribution in [3.05, 3.63) is 35.9 Å². The maximum atomic E-state index is 12.0. The summed E-state index contributed by atoms with van der Waals surface area (Å²) in [6, 6.07) is 7.73. The van der Waals surface area contributed by atoms with Gasteiger partial charge in [-0.3, -0.25) is 19.4 Å². The number of nitrogens with zero attached hydrogens (tertiary/aromatic N) is 1. The molecule has 0 spiro atoms. The number of amides is 2. The van der Waals surface area contributed by atoms with Crippen LogP contribution < -0.4 is 5.48 Å². The molecule has 1 rings (SSSR count). The first-order chi connectivity index (χ1) is 8.83. The monoisotopic (exact) mass is 288 g/mol. The van der Waals surface area contributed by atoms with Crippen molar-refractivity contribution in [1.29, 1.82) is 0 Å². The Labute approximate surface area is 108 Å². The highest BCUT2D eigenvalue weighted by molar-refractivity contribution is 7.51. The Hall–Kier alpha value is -1.73. The van der Waals surface area contributed by atoms with Crippen molar-refractivity contribution in [1.82, 2.24) is 10.4 Å². The standard InChI is InChI=1S/C10H13N2O6P/c13-9(11-15)6-12(7-19(16,17)18)10(14)8-4-2-1-3-5-8/h1-5,15H,6-7H2,(H,11,13)(H2,16,17,18). The molecule has 0 aromatic heterocycles. The molecule has 0 fully saturated rings. The van der Waals surface area contributed by atoms with Crippen LogP contribution in [0.4, 0.5) is 0 Å².